The van der Waals surface area contributed by atoms with E-state index in [1.807, 2.05) is 0 Å². The minimum atomic E-state index is -0.673. The van der Waals surface area contributed by atoms with Crippen LogP contribution in [-0.2, 0) is 11.2 Å². The molecule has 0 aromatic heterocycles. The van der Waals surface area contributed by atoms with Crippen LogP contribution in [0.25, 0.3) is 0 Å². The molecule has 0 spiro atoms. The molecule has 2 fully saturated rings. The summed E-state index contributed by atoms with van der Waals surface area (Å²) in [4.78, 5) is 0. The third-order valence-corrected chi connectivity index (χ3v) is 6.07. The standard InChI is InChI=1S/C20H30O2/c1-3-15(2)16-12-17(19(21)8-4-5-9-19)14-18(13-16)20(22)10-6-7-11-20/h12-15,21-22H,3-11H2,1-2H3. The Hall–Kier alpha value is -0.860. The topological polar surface area (TPSA) is 40.5 Å². The molecule has 3 rings (SSSR count). The third-order valence-electron chi connectivity index (χ3n) is 6.07. The van der Waals surface area contributed by atoms with Crippen LogP contribution in [0.4, 0.5) is 0 Å². The van der Waals surface area contributed by atoms with Gasteiger partial charge in [0.25, 0.3) is 0 Å². The van der Waals surface area contributed by atoms with Crippen molar-refractivity contribution in [3.63, 3.8) is 0 Å². The lowest BCUT2D eigenvalue weighted by atomic mass is 9.82. The smallest absolute Gasteiger partial charge is 0.0896 e. The van der Waals surface area contributed by atoms with E-state index in [2.05, 4.69) is 32.0 Å². The average molecular weight is 302 g/mol. The van der Waals surface area contributed by atoms with E-state index >= 15 is 0 Å². The second-order valence-electron chi connectivity index (χ2n) is 7.63. The summed E-state index contributed by atoms with van der Waals surface area (Å²) >= 11 is 0. The number of rotatable bonds is 4. The fourth-order valence-corrected chi connectivity index (χ4v) is 4.21. The Bertz CT molecular complexity index is 482. The van der Waals surface area contributed by atoms with Crippen molar-refractivity contribution in [2.45, 2.75) is 88.8 Å². The summed E-state index contributed by atoms with van der Waals surface area (Å²) in [6, 6.07) is 6.49. The van der Waals surface area contributed by atoms with E-state index in [-0.39, 0.29) is 0 Å². The summed E-state index contributed by atoms with van der Waals surface area (Å²) < 4.78 is 0. The maximum Gasteiger partial charge on any atom is 0.0896 e. The quantitative estimate of drug-likeness (QED) is 0.844. The normalized spacial score (nSPS) is 24.5. The van der Waals surface area contributed by atoms with Crippen LogP contribution in [0.2, 0.25) is 0 Å². The van der Waals surface area contributed by atoms with E-state index in [0.717, 1.165) is 68.9 Å². The lowest BCUT2D eigenvalue weighted by molar-refractivity contribution is 0.0375. The van der Waals surface area contributed by atoms with Gasteiger partial charge in [-0.15, -0.1) is 0 Å². The van der Waals surface area contributed by atoms with Gasteiger partial charge in [-0.3, -0.25) is 0 Å². The van der Waals surface area contributed by atoms with Crippen LogP contribution in [0.15, 0.2) is 18.2 Å². The Labute approximate surface area is 134 Å². The van der Waals surface area contributed by atoms with Crippen molar-refractivity contribution < 1.29 is 10.2 Å². The van der Waals surface area contributed by atoms with E-state index in [1.165, 1.54) is 5.56 Å². The molecule has 2 heteroatoms. The average Bonchev–Trinajstić information content (AvgIpc) is 3.16. The van der Waals surface area contributed by atoms with E-state index in [9.17, 15) is 10.2 Å². The monoisotopic (exact) mass is 302 g/mol. The van der Waals surface area contributed by atoms with Crippen molar-refractivity contribution in [1.82, 2.24) is 0 Å². The number of hydrogen-bond donors (Lipinski definition) is 2. The van der Waals surface area contributed by atoms with E-state index in [1.54, 1.807) is 0 Å². The number of hydrogen-bond acceptors (Lipinski definition) is 2. The SMILES string of the molecule is CCC(C)c1cc(C2(O)CCCC2)cc(C2(O)CCCC2)c1. The van der Waals surface area contributed by atoms with Crippen molar-refractivity contribution in [3.05, 3.63) is 34.9 Å². The van der Waals surface area contributed by atoms with Gasteiger partial charge in [-0.2, -0.15) is 0 Å². The van der Waals surface area contributed by atoms with Gasteiger partial charge in [0.05, 0.1) is 11.2 Å². The van der Waals surface area contributed by atoms with Crippen LogP contribution in [0.3, 0.4) is 0 Å². The summed E-state index contributed by atoms with van der Waals surface area (Å²) in [5, 5.41) is 22.0. The molecule has 1 aromatic carbocycles. The molecular formula is C20H30O2. The first-order valence-electron chi connectivity index (χ1n) is 9.07. The fraction of sp³-hybridized carbons (Fsp3) is 0.700. The second kappa shape index (κ2) is 5.98. The van der Waals surface area contributed by atoms with Gasteiger partial charge in [0.1, 0.15) is 0 Å². The van der Waals surface area contributed by atoms with Gasteiger partial charge in [0, 0.05) is 0 Å². The molecular weight excluding hydrogens is 272 g/mol. The van der Waals surface area contributed by atoms with E-state index < -0.39 is 11.2 Å². The first-order chi connectivity index (χ1) is 10.5. The molecule has 1 aromatic rings. The molecule has 1 atom stereocenters. The van der Waals surface area contributed by atoms with Crippen molar-refractivity contribution in [3.8, 4) is 0 Å². The first kappa shape index (κ1) is 16.0. The summed E-state index contributed by atoms with van der Waals surface area (Å²) in [7, 11) is 0. The van der Waals surface area contributed by atoms with Crippen LogP contribution in [-0.4, -0.2) is 10.2 Å². The zero-order chi connectivity index (χ0) is 15.8. The Balaban J connectivity index is 2.06. The van der Waals surface area contributed by atoms with Gasteiger partial charge in [0.15, 0.2) is 0 Å². The molecule has 122 valence electrons. The third kappa shape index (κ3) is 2.83. The summed E-state index contributed by atoms with van der Waals surface area (Å²) in [5.41, 5.74) is 2.01. The van der Waals surface area contributed by atoms with Gasteiger partial charge in [-0.25, -0.2) is 0 Å². The predicted molar refractivity (Wildman–Crippen MR) is 89.9 cm³/mol. The summed E-state index contributed by atoms with van der Waals surface area (Å²) in [6.45, 7) is 4.44. The van der Waals surface area contributed by atoms with Gasteiger partial charge in [-0.1, -0.05) is 57.7 Å². The highest BCUT2D eigenvalue weighted by Gasteiger charge is 2.37. The molecule has 1 unspecified atom stereocenters. The van der Waals surface area contributed by atoms with Crippen LogP contribution in [0.5, 0.6) is 0 Å². The molecule has 0 radical (unpaired) electrons. The summed E-state index contributed by atoms with van der Waals surface area (Å²) in [6.07, 6.45) is 8.91. The molecule has 0 heterocycles. The van der Waals surface area contributed by atoms with Crippen molar-refractivity contribution in [1.29, 1.82) is 0 Å². The Morgan fingerprint density at radius 2 is 1.27 bits per heavy atom. The molecule has 2 nitrogen and oxygen atoms in total. The Morgan fingerprint density at radius 1 is 0.864 bits per heavy atom. The highest BCUT2D eigenvalue weighted by Crippen LogP contribution is 2.44. The molecule has 22 heavy (non-hydrogen) atoms. The van der Waals surface area contributed by atoms with Crippen LogP contribution in [0, 0.1) is 0 Å². The second-order valence-corrected chi connectivity index (χ2v) is 7.63. The minimum Gasteiger partial charge on any atom is -0.385 e. The van der Waals surface area contributed by atoms with Gasteiger partial charge < -0.3 is 10.2 Å². The van der Waals surface area contributed by atoms with Crippen molar-refractivity contribution in [2.75, 3.05) is 0 Å². The van der Waals surface area contributed by atoms with Crippen LogP contribution >= 0.6 is 0 Å². The fourth-order valence-electron chi connectivity index (χ4n) is 4.21. The molecule has 2 N–H and O–H groups in total. The molecule has 0 bridgehead atoms. The first-order valence-corrected chi connectivity index (χ1v) is 9.07. The van der Waals surface area contributed by atoms with Gasteiger partial charge >= 0.3 is 0 Å². The van der Waals surface area contributed by atoms with Gasteiger partial charge in [0.2, 0.25) is 0 Å². The maximum atomic E-state index is 11.0. The zero-order valence-electron chi connectivity index (χ0n) is 14.1. The van der Waals surface area contributed by atoms with E-state index in [0.29, 0.717) is 5.92 Å². The zero-order valence-corrected chi connectivity index (χ0v) is 14.1. The largest absolute Gasteiger partial charge is 0.385 e. The van der Waals surface area contributed by atoms with Crippen molar-refractivity contribution in [2.24, 2.45) is 0 Å². The highest BCUT2D eigenvalue weighted by molar-refractivity contribution is 5.39. The molecule has 0 saturated heterocycles. The molecule has 2 aliphatic rings. The van der Waals surface area contributed by atoms with E-state index in [4.69, 9.17) is 0 Å². The highest BCUT2D eigenvalue weighted by atomic mass is 16.3. The van der Waals surface area contributed by atoms with Crippen LogP contribution in [0.1, 0.15) is 94.2 Å². The molecule has 0 aliphatic heterocycles. The minimum absolute atomic E-state index is 0.466. The Morgan fingerprint density at radius 3 is 1.64 bits per heavy atom. The lowest BCUT2D eigenvalue weighted by Gasteiger charge is -2.29. The lowest BCUT2D eigenvalue weighted by Crippen LogP contribution is -2.25. The Kier molecular flexibility index (Phi) is 4.35. The number of aliphatic hydroxyl groups is 2. The number of benzene rings is 1. The molecule has 2 saturated carbocycles. The molecule has 0 amide bonds. The summed E-state index contributed by atoms with van der Waals surface area (Å²) in [5.74, 6) is 0.466. The maximum absolute atomic E-state index is 11.0. The predicted octanol–water partition coefficient (Wildman–Crippen LogP) is 4.72. The van der Waals surface area contributed by atoms with Crippen LogP contribution < -0.4 is 0 Å². The van der Waals surface area contributed by atoms with Gasteiger partial charge in [-0.05, 0) is 54.7 Å². The van der Waals surface area contributed by atoms with Crippen molar-refractivity contribution >= 4 is 0 Å². The molecule has 2 aliphatic carbocycles.